The Morgan fingerprint density at radius 3 is 0.772 bits per heavy atom. The molecule has 1 unspecified atom stereocenters. The van der Waals surface area contributed by atoms with Crippen LogP contribution in [0.1, 0.15) is 252 Å². The second kappa shape index (κ2) is 65.3. The average Bonchev–Trinajstić information content (AvgIpc) is 3.45. The van der Waals surface area contributed by atoms with Gasteiger partial charge in [0, 0.05) is 19.3 Å². The van der Waals surface area contributed by atoms with E-state index in [9.17, 15) is 14.4 Å². The maximum absolute atomic E-state index is 12.8. The van der Waals surface area contributed by atoms with Gasteiger partial charge in [-0.15, -0.1) is 0 Å². The second-order valence-electron chi connectivity index (χ2n) is 20.2. The monoisotopic (exact) mass is 1090 g/mol. The van der Waals surface area contributed by atoms with Gasteiger partial charge in [-0.2, -0.15) is 0 Å². The SMILES string of the molecule is CC/C=C\C/C=C\C/C=C\C/C=C\C/C=C\C/C=C\C/C=C\C/C=C\CCCCCCC(=O)OCC(COC(=O)CCCCCCC)OC(=O)CCCCCCCCCC/C=C\C/C=C\C/C=C\C/C=C\C/C=C\C/C=C\CC. The van der Waals surface area contributed by atoms with Crippen molar-refractivity contribution in [3.8, 4) is 0 Å². The van der Waals surface area contributed by atoms with Crippen molar-refractivity contribution in [2.75, 3.05) is 13.2 Å². The van der Waals surface area contributed by atoms with Gasteiger partial charge in [0.1, 0.15) is 13.2 Å². The highest BCUT2D eigenvalue weighted by atomic mass is 16.6. The average molecular weight is 1090 g/mol. The zero-order valence-corrected chi connectivity index (χ0v) is 50.6. The van der Waals surface area contributed by atoms with Gasteiger partial charge in [0.2, 0.25) is 0 Å². The molecule has 0 aliphatic carbocycles. The Morgan fingerprint density at radius 1 is 0.266 bits per heavy atom. The van der Waals surface area contributed by atoms with Gasteiger partial charge in [-0.3, -0.25) is 14.4 Å². The third-order valence-electron chi connectivity index (χ3n) is 12.7. The van der Waals surface area contributed by atoms with Gasteiger partial charge in [-0.1, -0.05) is 268 Å². The van der Waals surface area contributed by atoms with Crippen LogP contribution in [0.4, 0.5) is 0 Å². The van der Waals surface area contributed by atoms with Crippen molar-refractivity contribution < 1.29 is 28.6 Å². The summed E-state index contributed by atoms with van der Waals surface area (Å²) >= 11 is 0. The molecule has 0 fully saturated rings. The quantitative estimate of drug-likeness (QED) is 0.0261. The van der Waals surface area contributed by atoms with Gasteiger partial charge >= 0.3 is 17.9 Å². The molecule has 0 saturated heterocycles. The molecule has 0 spiro atoms. The number of ether oxygens (including phenoxy) is 3. The Balaban J connectivity index is 4.19. The molecule has 0 saturated carbocycles. The van der Waals surface area contributed by atoms with Gasteiger partial charge in [-0.05, 0) is 135 Å². The maximum atomic E-state index is 12.8. The molecule has 0 aromatic rings. The van der Waals surface area contributed by atoms with Crippen molar-refractivity contribution in [3.63, 3.8) is 0 Å². The molecule has 0 N–H and O–H groups in total. The Morgan fingerprint density at radius 2 is 0.494 bits per heavy atom. The molecular formula is C73H114O6. The number of allylic oxidation sites excluding steroid dienone is 28. The van der Waals surface area contributed by atoms with Gasteiger partial charge < -0.3 is 14.2 Å². The van der Waals surface area contributed by atoms with E-state index in [2.05, 4.69) is 191 Å². The molecule has 0 rings (SSSR count). The van der Waals surface area contributed by atoms with Crippen LogP contribution in [-0.2, 0) is 28.6 Å². The summed E-state index contributed by atoms with van der Waals surface area (Å²) in [5, 5.41) is 0. The van der Waals surface area contributed by atoms with Crippen LogP contribution in [0.25, 0.3) is 0 Å². The Hall–Kier alpha value is -5.23. The van der Waals surface area contributed by atoms with Crippen molar-refractivity contribution in [1.29, 1.82) is 0 Å². The van der Waals surface area contributed by atoms with Crippen LogP contribution in [0.2, 0.25) is 0 Å². The Bertz CT molecular complexity index is 1820. The lowest BCUT2D eigenvalue weighted by molar-refractivity contribution is -0.167. The minimum atomic E-state index is -0.799. The summed E-state index contributed by atoms with van der Waals surface area (Å²) in [6.45, 7) is 6.29. The van der Waals surface area contributed by atoms with Crippen molar-refractivity contribution in [3.05, 3.63) is 170 Å². The Labute approximate surface area is 485 Å². The topological polar surface area (TPSA) is 78.9 Å². The van der Waals surface area contributed by atoms with Crippen LogP contribution in [0.3, 0.4) is 0 Å². The first-order valence-electron chi connectivity index (χ1n) is 31.6. The summed E-state index contributed by atoms with van der Waals surface area (Å²) in [6, 6.07) is 0. The molecule has 0 amide bonds. The predicted molar refractivity (Wildman–Crippen MR) is 343 cm³/mol. The molecule has 0 aliphatic rings. The van der Waals surface area contributed by atoms with Crippen molar-refractivity contribution in [2.24, 2.45) is 0 Å². The lowest BCUT2D eigenvalue weighted by Gasteiger charge is -2.18. The minimum absolute atomic E-state index is 0.0975. The molecule has 1 atom stereocenters. The first kappa shape index (κ1) is 73.8. The summed E-state index contributed by atoms with van der Waals surface area (Å²) in [5.74, 6) is -0.953. The van der Waals surface area contributed by atoms with Crippen LogP contribution in [-0.4, -0.2) is 37.2 Å². The van der Waals surface area contributed by atoms with E-state index >= 15 is 0 Å². The molecule has 79 heavy (non-hydrogen) atoms. The maximum Gasteiger partial charge on any atom is 0.306 e. The fraction of sp³-hybridized carbons (Fsp3) is 0.575. The largest absolute Gasteiger partial charge is 0.462 e. The highest BCUT2D eigenvalue weighted by Gasteiger charge is 2.19. The molecule has 0 aromatic carbocycles. The third-order valence-corrected chi connectivity index (χ3v) is 12.7. The fourth-order valence-electron chi connectivity index (χ4n) is 8.05. The van der Waals surface area contributed by atoms with Gasteiger partial charge in [0.05, 0.1) is 0 Å². The number of carbonyl (C=O) groups excluding carboxylic acids is 3. The van der Waals surface area contributed by atoms with Crippen LogP contribution >= 0.6 is 0 Å². The number of rotatable bonds is 55. The minimum Gasteiger partial charge on any atom is -0.462 e. The zero-order valence-electron chi connectivity index (χ0n) is 50.6. The molecule has 6 nitrogen and oxygen atoms in total. The third kappa shape index (κ3) is 63.5. The molecule has 0 bridgehead atoms. The van der Waals surface area contributed by atoms with E-state index in [1.165, 1.54) is 32.1 Å². The second-order valence-corrected chi connectivity index (χ2v) is 20.2. The molecular weight excluding hydrogens is 973 g/mol. The number of hydrogen-bond acceptors (Lipinski definition) is 6. The van der Waals surface area contributed by atoms with E-state index < -0.39 is 6.10 Å². The normalized spacial score (nSPS) is 13.3. The smallest absolute Gasteiger partial charge is 0.306 e. The molecule has 0 aromatic heterocycles. The van der Waals surface area contributed by atoms with E-state index in [4.69, 9.17) is 14.2 Å². The molecule has 0 aliphatic heterocycles. The van der Waals surface area contributed by atoms with Crippen molar-refractivity contribution >= 4 is 17.9 Å². The van der Waals surface area contributed by atoms with Gasteiger partial charge in [0.25, 0.3) is 0 Å². The zero-order chi connectivity index (χ0) is 57.1. The number of esters is 3. The van der Waals surface area contributed by atoms with E-state index in [1.807, 2.05) is 0 Å². The van der Waals surface area contributed by atoms with E-state index in [-0.39, 0.29) is 31.1 Å². The van der Waals surface area contributed by atoms with Crippen LogP contribution in [0.15, 0.2) is 170 Å². The number of hydrogen-bond donors (Lipinski definition) is 0. The van der Waals surface area contributed by atoms with E-state index in [1.54, 1.807) is 0 Å². The lowest BCUT2D eigenvalue weighted by atomic mass is 10.1. The molecule has 442 valence electrons. The van der Waals surface area contributed by atoms with E-state index in [0.717, 1.165) is 180 Å². The summed E-state index contributed by atoms with van der Waals surface area (Å²) in [7, 11) is 0. The summed E-state index contributed by atoms with van der Waals surface area (Å²) in [5.41, 5.74) is 0. The van der Waals surface area contributed by atoms with Gasteiger partial charge in [0.15, 0.2) is 6.10 Å². The first-order valence-corrected chi connectivity index (χ1v) is 31.6. The highest BCUT2D eigenvalue weighted by molar-refractivity contribution is 5.71. The fourth-order valence-corrected chi connectivity index (χ4v) is 8.05. The van der Waals surface area contributed by atoms with Crippen molar-refractivity contribution in [2.45, 2.75) is 258 Å². The highest BCUT2D eigenvalue weighted by Crippen LogP contribution is 2.14. The van der Waals surface area contributed by atoms with Gasteiger partial charge in [-0.25, -0.2) is 0 Å². The molecule has 0 radical (unpaired) electrons. The number of carbonyl (C=O) groups is 3. The standard InChI is InChI=1S/C73H114O6/c1-4-7-10-13-15-17-19-21-23-25-27-29-31-33-35-36-38-39-41-43-45-47-49-51-53-55-57-60-63-66-72(75)78-69-70(68-77-71(74)65-62-59-12-9-6-3)79-73(76)67-64-61-58-56-54-52-50-48-46-44-42-40-37-34-32-30-28-26-24-22-20-18-16-14-11-8-5-2/h7-8,10-11,15-18,21-24,27-30,33-35,37-39,42-45,49,51,70H,4-6,9,12-14,19-20,25-26,31-32,36,40-41,46-48,50,52-69H2,1-3H3/b10-7-,11-8-,17-15-,18-16-,23-21-,24-22-,29-27-,30-28-,35-33-,37-34-,39-38-,44-42-,45-43-,51-49-. The van der Waals surface area contributed by atoms with Crippen LogP contribution in [0.5, 0.6) is 0 Å². The Kier molecular flexibility index (Phi) is 61.0. The first-order chi connectivity index (χ1) is 39.0. The molecule has 0 heterocycles. The summed E-state index contributed by atoms with van der Waals surface area (Å²) in [4.78, 5) is 37.9. The van der Waals surface area contributed by atoms with Crippen molar-refractivity contribution in [1.82, 2.24) is 0 Å². The molecule has 6 heteroatoms. The van der Waals surface area contributed by atoms with Crippen LogP contribution < -0.4 is 0 Å². The van der Waals surface area contributed by atoms with Crippen LogP contribution in [0, 0.1) is 0 Å². The number of unbranched alkanes of at least 4 members (excludes halogenated alkanes) is 16. The summed E-state index contributed by atoms with van der Waals surface area (Å²) < 4.78 is 16.7. The lowest BCUT2D eigenvalue weighted by Crippen LogP contribution is -2.30. The van der Waals surface area contributed by atoms with E-state index in [0.29, 0.717) is 19.3 Å². The predicted octanol–water partition coefficient (Wildman–Crippen LogP) is 21.9. The summed E-state index contributed by atoms with van der Waals surface area (Å²) in [6.07, 6.45) is 96.8.